The summed E-state index contributed by atoms with van der Waals surface area (Å²) in [5.41, 5.74) is 8.00. The van der Waals surface area contributed by atoms with Crippen LogP contribution in [0.25, 0.3) is 0 Å². The Kier molecular flexibility index (Phi) is 5.29. The van der Waals surface area contributed by atoms with Crippen molar-refractivity contribution in [3.05, 3.63) is 29.3 Å². The minimum atomic E-state index is 0.142. The van der Waals surface area contributed by atoms with Crippen molar-refractivity contribution in [3.63, 3.8) is 0 Å². The largest absolute Gasteiger partial charge is 0.494 e. The van der Waals surface area contributed by atoms with E-state index < -0.39 is 0 Å². The molecule has 3 heteroatoms. The fourth-order valence-electron chi connectivity index (χ4n) is 1.69. The third-order valence-electron chi connectivity index (χ3n) is 2.73. The lowest BCUT2D eigenvalue weighted by atomic mass is 9.96. The second-order valence-corrected chi connectivity index (χ2v) is 4.01. The summed E-state index contributed by atoms with van der Waals surface area (Å²) in [5.74, 6) is 1.05. The molecule has 0 fully saturated rings. The molecule has 3 nitrogen and oxygen atoms in total. The molecule has 16 heavy (non-hydrogen) atoms. The van der Waals surface area contributed by atoms with Gasteiger partial charge in [0.15, 0.2) is 0 Å². The van der Waals surface area contributed by atoms with E-state index >= 15 is 0 Å². The molecule has 1 aromatic rings. The molecule has 0 heterocycles. The van der Waals surface area contributed by atoms with Crippen LogP contribution in [0.15, 0.2) is 18.2 Å². The Balaban J connectivity index is 2.74. The van der Waals surface area contributed by atoms with E-state index in [4.69, 9.17) is 15.6 Å². The first kappa shape index (κ1) is 13.0. The fraction of sp³-hybridized carbons (Fsp3) is 0.538. The van der Waals surface area contributed by atoms with Gasteiger partial charge in [-0.2, -0.15) is 0 Å². The van der Waals surface area contributed by atoms with E-state index in [1.807, 2.05) is 19.1 Å². The predicted molar refractivity (Wildman–Crippen MR) is 65.7 cm³/mol. The topological polar surface area (TPSA) is 55.5 Å². The van der Waals surface area contributed by atoms with Gasteiger partial charge in [-0.1, -0.05) is 6.07 Å². The predicted octanol–water partition coefficient (Wildman–Crippen LogP) is 1.50. The Labute approximate surface area is 97.2 Å². The lowest BCUT2D eigenvalue weighted by Crippen LogP contribution is -2.20. The number of hydrogen-bond donors (Lipinski definition) is 2. The van der Waals surface area contributed by atoms with Gasteiger partial charge in [0.2, 0.25) is 0 Å². The van der Waals surface area contributed by atoms with E-state index in [1.165, 1.54) is 11.1 Å². The number of ether oxygens (including phenoxy) is 1. The van der Waals surface area contributed by atoms with E-state index in [1.54, 1.807) is 0 Å². The molecule has 3 N–H and O–H groups in total. The van der Waals surface area contributed by atoms with E-state index in [2.05, 4.69) is 13.0 Å². The van der Waals surface area contributed by atoms with E-state index in [-0.39, 0.29) is 12.5 Å². The maximum absolute atomic E-state index is 9.11. The van der Waals surface area contributed by atoms with Crippen molar-refractivity contribution in [2.75, 3.05) is 19.8 Å². The standard InChI is InChI=1S/C13H21NO2/c1-3-16-13-5-4-12(10(2)6-13)7-11(8-14)9-15/h4-6,11,15H,3,7-9,14H2,1-2H3. The highest BCUT2D eigenvalue weighted by Crippen LogP contribution is 2.19. The molecule has 0 aliphatic heterocycles. The maximum Gasteiger partial charge on any atom is 0.119 e. The summed E-state index contributed by atoms with van der Waals surface area (Å²) in [6.07, 6.45) is 0.825. The number of rotatable bonds is 6. The molecule has 1 aromatic carbocycles. The van der Waals surface area contributed by atoms with Gasteiger partial charge in [-0.25, -0.2) is 0 Å². The number of benzene rings is 1. The van der Waals surface area contributed by atoms with Crippen molar-refractivity contribution in [1.29, 1.82) is 0 Å². The van der Waals surface area contributed by atoms with Crippen molar-refractivity contribution >= 4 is 0 Å². The van der Waals surface area contributed by atoms with Gasteiger partial charge in [-0.3, -0.25) is 0 Å². The molecule has 1 atom stereocenters. The Hall–Kier alpha value is -1.06. The van der Waals surface area contributed by atoms with Crippen LogP contribution in [0.5, 0.6) is 5.75 Å². The smallest absolute Gasteiger partial charge is 0.119 e. The van der Waals surface area contributed by atoms with Gasteiger partial charge in [-0.15, -0.1) is 0 Å². The molecule has 90 valence electrons. The maximum atomic E-state index is 9.11. The molecule has 0 radical (unpaired) electrons. The molecule has 0 aromatic heterocycles. The van der Waals surface area contributed by atoms with Crippen molar-refractivity contribution in [1.82, 2.24) is 0 Å². The molecule has 0 aliphatic carbocycles. The first-order valence-electron chi connectivity index (χ1n) is 5.74. The molecule has 1 unspecified atom stereocenters. The van der Waals surface area contributed by atoms with Gasteiger partial charge in [0.25, 0.3) is 0 Å². The monoisotopic (exact) mass is 223 g/mol. The average Bonchev–Trinajstić information content (AvgIpc) is 2.29. The summed E-state index contributed by atoms with van der Waals surface area (Å²) in [7, 11) is 0. The summed E-state index contributed by atoms with van der Waals surface area (Å²) < 4.78 is 5.43. The quantitative estimate of drug-likeness (QED) is 0.768. The van der Waals surface area contributed by atoms with Crippen molar-refractivity contribution in [2.24, 2.45) is 11.7 Å². The van der Waals surface area contributed by atoms with Crippen LogP contribution >= 0.6 is 0 Å². The Morgan fingerprint density at radius 1 is 1.44 bits per heavy atom. The first-order valence-corrected chi connectivity index (χ1v) is 5.74. The van der Waals surface area contributed by atoms with Gasteiger partial charge in [0, 0.05) is 6.61 Å². The highest BCUT2D eigenvalue weighted by Gasteiger charge is 2.08. The summed E-state index contributed by atoms with van der Waals surface area (Å²) in [4.78, 5) is 0. The molecule has 0 amide bonds. The number of hydrogen-bond acceptors (Lipinski definition) is 3. The van der Waals surface area contributed by atoms with Gasteiger partial charge >= 0.3 is 0 Å². The van der Waals surface area contributed by atoms with E-state index in [9.17, 15) is 0 Å². The van der Waals surface area contributed by atoms with E-state index in [0.717, 1.165) is 12.2 Å². The number of aliphatic hydroxyl groups excluding tert-OH is 1. The summed E-state index contributed by atoms with van der Waals surface area (Å²) in [6, 6.07) is 6.05. The van der Waals surface area contributed by atoms with Crippen molar-refractivity contribution in [2.45, 2.75) is 20.3 Å². The molecule has 0 saturated carbocycles. The molecule has 1 rings (SSSR count). The van der Waals surface area contributed by atoms with Crippen LogP contribution in [0.2, 0.25) is 0 Å². The number of aryl methyl sites for hydroxylation is 1. The summed E-state index contributed by atoms with van der Waals surface area (Å²) >= 11 is 0. The highest BCUT2D eigenvalue weighted by molar-refractivity contribution is 5.35. The number of nitrogens with two attached hydrogens (primary N) is 1. The van der Waals surface area contributed by atoms with Crippen LogP contribution in [-0.4, -0.2) is 24.9 Å². The van der Waals surface area contributed by atoms with Crippen LogP contribution in [0.4, 0.5) is 0 Å². The lowest BCUT2D eigenvalue weighted by Gasteiger charge is -2.14. The second-order valence-electron chi connectivity index (χ2n) is 4.01. The second kappa shape index (κ2) is 6.51. The van der Waals surface area contributed by atoms with Gasteiger partial charge in [0.1, 0.15) is 5.75 Å². The van der Waals surface area contributed by atoms with Crippen LogP contribution in [-0.2, 0) is 6.42 Å². The SMILES string of the molecule is CCOc1ccc(CC(CN)CO)c(C)c1. The average molecular weight is 223 g/mol. The minimum absolute atomic E-state index is 0.142. The molecule has 0 bridgehead atoms. The van der Waals surface area contributed by atoms with Crippen LogP contribution < -0.4 is 10.5 Å². The minimum Gasteiger partial charge on any atom is -0.494 e. The first-order chi connectivity index (χ1) is 7.71. The van der Waals surface area contributed by atoms with Gasteiger partial charge in [-0.05, 0) is 56.0 Å². The zero-order valence-electron chi connectivity index (χ0n) is 10.1. The Bertz CT molecular complexity index is 322. The fourth-order valence-corrected chi connectivity index (χ4v) is 1.69. The lowest BCUT2D eigenvalue weighted by molar-refractivity contribution is 0.229. The summed E-state index contributed by atoms with van der Waals surface area (Å²) in [5, 5.41) is 9.11. The normalized spacial score (nSPS) is 12.5. The van der Waals surface area contributed by atoms with Crippen LogP contribution in [0, 0.1) is 12.8 Å². The van der Waals surface area contributed by atoms with Crippen LogP contribution in [0.3, 0.4) is 0 Å². The van der Waals surface area contributed by atoms with Crippen molar-refractivity contribution < 1.29 is 9.84 Å². The third kappa shape index (κ3) is 3.51. The van der Waals surface area contributed by atoms with Crippen molar-refractivity contribution in [3.8, 4) is 5.75 Å². The Morgan fingerprint density at radius 2 is 2.19 bits per heavy atom. The Morgan fingerprint density at radius 3 is 2.69 bits per heavy atom. The van der Waals surface area contributed by atoms with Gasteiger partial charge < -0.3 is 15.6 Å². The highest BCUT2D eigenvalue weighted by atomic mass is 16.5. The van der Waals surface area contributed by atoms with Crippen LogP contribution in [0.1, 0.15) is 18.1 Å². The molecular formula is C13H21NO2. The summed E-state index contributed by atoms with van der Waals surface area (Å²) in [6.45, 7) is 5.37. The molecule has 0 aliphatic rings. The molecule has 0 saturated heterocycles. The number of aliphatic hydroxyl groups is 1. The molecular weight excluding hydrogens is 202 g/mol. The van der Waals surface area contributed by atoms with Gasteiger partial charge in [0.05, 0.1) is 6.61 Å². The van der Waals surface area contributed by atoms with E-state index in [0.29, 0.717) is 13.2 Å². The molecule has 0 spiro atoms. The third-order valence-corrected chi connectivity index (χ3v) is 2.73. The zero-order chi connectivity index (χ0) is 12.0. The zero-order valence-corrected chi connectivity index (χ0v) is 10.1.